The smallest absolute Gasteiger partial charge is 0.306 e. The lowest BCUT2D eigenvalue weighted by atomic mass is 10.1. The van der Waals surface area contributed by atoms with Crippen LogP contribution in [-0.2, 0) is 14.3 Å². The number of Topliss-reactive ketones (excluding diaryl/α,β-unsaturated/α-hetero) is 1. The summed E-state index contributed by atoms with van der Waals surface area (Å²) in [6, 6.07) is 14.0. The van der Waals surface area contributed by atoms with Gasteiger partial charge in [0, 0.05) is 44.6 Å². The highest BCUT2D eigenvalue weighted by Gasteiger charge is 2.18. The number of anilines is 1. The summed E-state index contributed by atoms with van der Waals surface area (Å²) in [6.07, 6.45) is 1.49. The van der Waals surface area contributed by atoms with Crippen LogP contribution >= 0.6 is 0 Å². The molecule has 0 bridgehead atoms. The minimum Gasteiger partial charge on any atom is -0.497 e. The number of ketones is 1. The molecule has 0 N–H and O–H groups in total. The molecule has 1 aliphatic heterocycles. The summed E-state index contributed by atoms with van der Waals surface area (Å²) in [4.78, 5) is 32.4. The SMILES string of the molecule is CCC(=O)COC(=O)CCCN1CCN(c2cccc(-c3ccc(OC)cc3)n2)CC1. The van der Waals surface area contributed by atoms with Crippen LogP contribution in [-0.4, -0.2) is 68.1 Å². The maximum Gasteiger partial charge on any atom is 0.306 e. The van der Waals surface area contributed by atoms with Gasteiger partial charge in [-0.2, -0.15) is 0 Å². The first kappa shape index (κ1) is 22.7. The number of hydrogen-bond acceptors (Lipinski definition) is 7. The van der Waals surface area contributed by atoms with E-state index in [0.29, 0.717) is 12.8 Å². The van der Waals surface area contributed by atoms with Gasteiger partial charge in [0.2, 0.25) is 0 Å². The quantitative estimate of drug-likeness (QED) is 0.542. The molecule has 31 heavy (non-hydrogen) atoms. The molecule has 0 saturated carbocycles. The molecule has 1 aromatic carbocycles. The molecule has 1 aliphatic rings. The van der Waals surface area contributed by atoms with Crippen molar-refractivity contribution in [2.45, 2.75) is 26.2 Å². The Morgan fingerprint density at radius 3 is 2.45 bits per heavy atom. The summed E-state index contributed by atoms with van der Waals surface area (Å²) >= 11 is 0. The fourth-order valence-electron chi connectivity index (χ4n) is 3.50. The predicted octanol–water partition coefficient (Wildman–Crippen LogP) is 3.18. The number of carbonyl (C=O) groups excluding carboxylic acids is 2. The fraction of sp³-hybridized carbons (Fsp3) is 0.458. The number of piperazine rings is 1. The molecule has 7 heteroatoms. The third-order valence-electron chi connectivity index (χ3n) is 5.46. The van der Waals surface area contributed by atoms with Crippen molar-refractivity contribution in [2.24, 2.45) is 0 Å². The van der Waals surface area contributed by atoms with E-state index in [1.165, 1.54) is 0 Å². The van der Waals surface area contributed by atoms with Crippen LogP contribution in [0.25, 0.3) is 11.3 Å². The average Bonchev–Trinajstić information content (AvgIpc) is 2.83. The molecule has 3 rings (SSSR count). The first-order valence-corrected chi connectivity index (χ1v) is 10.8. The highest BCUT2D eigenvalue weighted by atomic mass is 16.5. The minimum absolute atomic E-state index is 0.0471. The van der Waals surface area contributed by atoms with Gasteiger partial charge >= 0.3 is 5.97 Å². The Balaban J connectivity index is 1.44. The van der Waals surface area contributed by atoms with Crippen molar-refractivity contribution in [3.05, 3.63) is 42.5 Å². The maximum atomic E-state index is 11.7. The van der Waals surface area contributed by atoms with Crippen molar-refractivity contribution < 1.29 is 19.1 Å². The first-order chi connectivity index (χ1) is 15.1. The Labute approximate surface area is 184 Å². The van der Waals surface area contributed by atoms with E-state index >= 15 is 0 Å². The molecular weight excluding hydrogens is 394 g/mol. The van der Waals surface area contributed by atoms with Gasteiger partial charge < -0.3 is 14.4 Å². The van der Waals surface area contributed by atoms with Crippen LogP contribution < -0.4 is 9.64 Å². The largest absolute Gasteiger partial charge is 0.497 e. The molecule has 1 fully saturated rings. The van der Waals surface area contributed by atoms with Gasteiger partial charge in [-0.05, 0) is 49.4 Å². The maximum absolute atomic E-state index is 11.7. The second-order valence-electron chi connectivity index (χ2n) is 7.59. The van der Waals surface area contributed by atoms with Crippen LogP contribution in [0.4, 0.5) is 5.82 Å². The van der Waals surface area contributed by atoms with Gasteiger partial charge in [0.05, 0.1) is 12.8 Å². The Morgan fingerprint density at radius 2 is 1.77 bits per heavy atom. The molecule has 2 heterocycles. The molecule has 0 radical (unpaired) electrons. The summed E-state index contributed by atoms with van der Waals surface area (Å²) < 4.78 is 10.2. The summed E-state index contributed by atoms with van der Waals surface area (Å²) in [5, 5.41) is 0. The highest BCUT2D eigenvalue weighted by molar-refractivity contribution is 5.82. The van der Waals surface area contributed by atoms with Gasteiger partial charge in [-0.25, -0.2) is 4.98 Å². The summed E-state index contributed by atoms with van der Waals surface area (Å²) in [6.45, 7) is 6.17. The van der Waals surface area contributed by atoms with Crippen LogP contribution in [0.3, 0.4) is 0 Å². The van der Waals surface area contributed by atoms with Crippen LogP contribution in [0.2, 0.25) is 0 Å². The van der Waals surface area contributed by atoms with Crippen molar-refractivity contribution >= 4 is 17.6 Å². The topological polar surface area (TPSA) is 72.0 Å². The number of aromatic nitrogens is 1. The Morgan fingerprint density at radius 1 is 1.03 bits per heavy atom. The summed E-state index contributed by atoms with van der Waals surface area (Å²) in [5.41, 5.74) is 2.01. The van der Waals surface area contributed by atoms with E-state index in [4.69, 9.17) is 14.5 Å². The molecule has 1 aromatic heterocycles. The summed E-state index contributed by atoms with van der Waals surface area (Å²) in [7, 11) is 1.66. The van der Waals surface area contributed by atoms with E-state index < -0.39 is 0 Å². The fourth-order valence-corrected chi connectivity index (χ4v) is 3.50. The second-order valence-corrected chi connectivity index (χ2v) is 7.59. The van der Waals surface area contributed by atoms with Crippen LogP contribution in [0, 0.1) is 0 Å². The number of ether oxygens (including phenoxy) is 2. The van der Waals surface area contributed by atoms with Crippen molar-refractivity contribution in [1.29, 1.82) is 0 Å². The molecule has 1 saturated heterocycles. The molecule has 166 valence electrons. The molecule has 0 amide bonds. The third kappa shape index (κ3) is 6.79. The number of methoxy groups -OCH3 is 1. The van der Waals surface area contributed by atoms with Crippen molar-refractivity contribution in [1.82, 2.24) is 9.88 Å². The number of esters is 1. The van der Waals surface area contributed by atoms with Gasteiger partial charge in [0.25, 0.3) is 0 Å². The highest BCUT2D eigenvalue weighted by Crippen LogP contribution is 2.23. The van der Waals surface area contributed by atoms with Crippen molar-refractivity contribution in [3.63, 3.8) is 0 Å². The standard InChI is InChI=1S/C24H31N3O4/c1-3-20(28)18-31-24(29)8-5-13-26-14-16-27(17-15-26)23-7-4-6-22(25-23)19-9-11-21(30-2)12-10-19/h4,6-7,9-12H,3,5,8,13-18H2,1-2H3. The van der Waals surface area contributed by atoms with E-state index in [0.717, 1.165) is 62.0 Å². The number of nitrogens with zero attached hydrogens (tertiary/aromatic N) is 3. The molecule has 0 aliphatic carbocycles. The number of carbonyl (C=O) groups is 2. The predicted molar refractivity (Wildman–Crippen MR) is 120 cm³/mol. The van der Waals surface area contributed by atoms with E-state index in [1.54, 1.807) is 14.0 Å². The van der Waals surface area contributed by atoms with E-state index in [1.807, 2.05) is 36.4 Å². The van der Waals surface area contributed by atoms with Gasteiger partial charge in [-0.1, -0.05) is 13.0 Å². The summed E-state index contributed by atoms with van der Waals surface area (Å²) in [5.74, 6) is 1.48. The molecule has 0 spiro atoms. The van der Waals surface area contributed by atoms with Crippen LogP contribution in [0.15, 0.2) is 42.5 Å². The lowest BCUT2D eigenvalue weighted by molar-refractivity contribution is -0.148. The Kier molecular flexibility index (Phi) is 8.41. The molecule has 7 nitrogen and oxygen atoms in total. The minimum atomic E-state index is -0.292. The second kappa shape index (κ2) is 11.5. The number of benzene rings is 1. The van der Waals surface area contributed by atoms with E-state index in [2.05, 4.69) is 15.9 Å². The van der Waals surface area contributed by atoms with E-state index in [-0.39, 0.29) is 18.4 Å². The lowest BCUT2D eigenvalue weighted by Crippen LogP contribution is -2.47. The average molecular weight is 426 g/mol. The number of hydrogen-bond donors (Lipinski definition) is 0. The van der Waals surface area contributed by atoms with Gasteiger partial charge in [-0.15, -0.1) is 0 Å². The monoisotopic (exact) mass is 425 g/mol. The third-order valence-corrected chi connectivity index (χ3v) is 5.46. The molecule has 0 unspecified atom stereocenters. The zero-order chi connectivity index (χ0) is 22.1. The van der Waals surface area contributed by atoms with Gasteiger partial charge in [0.15, 0.2) is 5.78 Å². The molecule has 2 aromatic rings. The normalized spacial score (nSPS) is 14.3. The lowest BCUT2D eigenvalue weighted by Gasteiger charge is -2.35. The Hall–Kier alpha value is -2.93. The van der Waals surface area contributed by atoms with Gasteiger partial charge in [-0.3, -0.25) is 14.5 Å². The van der Waals surface area contributed by atoms with Crippen LogP contribution in [0.5, 0.6) is 5.75 Å². The van der Waals surface area contributed by atoms with Gasteiger partial charge in [0.1, 0.15) is 18.2 Å². The number of pyridine rings is 1. The molecule has 0 atom stereocenters. The first-order valence-electron chi connectivity index (χ1n) is 10.8. The number of rotatable bonds is 10. The zero-order valence-electron chi connectivity index (χ0n) is 18.4. The zero-order valence-corrected chi connectivity index (χ0v) is 18.4. The molecular formula is C24H31N3O4. The van der Waals surface area contributed by atoms with Crippen molar-refractivity contribution in [3.8, 4) is 17.0 Å². The Bertz CT molecular complexity index is 861. The van der Waals surface area contributed by atoms with Crippen molar-refractivity contribution in [2.75, 3.05) is 51.3 Å². The van der Waals surface area contributed by atoms with E-state index in [9.17, 15) is 9.59 Å². The van der Waals surface area contributed by atoms with Crippen LogP contribution in [0.1, 0.15) is 26.2 Å².